The normalized spacial score (nSPS) is 18.7. The lowest BCUT2D eigenvalue weighted by Gasteiger charge is -2.34. The summed E-state index contributed by atoms with van der Waals surface area (Å²) < 4.78 is 35.5. The van der Waals surface area contributed by atoms with Gasteiger partial charge in [-0.3, -0.25) is 14.7 Å². The molecule has 1 fully saturated rings. The molecule has 2 aromatic carbocycles. The monoisotopic (exact) mass is 600 g/mol. The van der Waals surface area contributed by atoms with Crippen molar-refractivity contribution in [2.75, 3.05) is 18.0 Å². The molecule has 11 heteroatoms. The standard InChI is InChI=1S/C26H25BrN4O4S2/c1-17-14-30(15-18(2)35-17)37(33,34)22-8-5-20(6-9-22)25(32)31(16-19-4-3-11-28-13-19)26-29-23-10-7-21(27)12-24(23)36-26/h3-13,17-18H,14-16H2,1-2H3. The van der Waals surface area contributed by atoms with Crippen molar-refractivity contribution < 1.29 is 17.9 Å². The van der Waals surface area contributed by atoms with Gasteiger partial charge in [-0.15, -0.1) is 0 Å². The minimum atomic E-state index is -3.71. The smallest absolute Gasteiger partial charge is 0.260 e. The van der Waals surface area contributed by atoms with E-state index in [9.17, 15) is 13.2 Å². The molecule has 0 radical (unpaired) electrons. The van der Waals surface area contributed by atoms with Gasteiger partial charge in [-0.1, -0.05) is 33.3 Å². The third-order valence-electron chi connectivity index (χ3n) is 6.00. The maximum absolute atomic E-state index is 13.7. The topological polar surface area (TPSA) is 92.7 Å². The molecule has 1 amide bonds. The fourth-order valence-electron chi connectivity index (χ4n) is 4.30. The average molecular weight is 602 g/mol. The van der Waals surface area contributed by atoms with Crippen molar-refractivity contribution in [2.24, 2.45) is 0 Å². The second-order valence-corrected chi connectivity index (χ2v) is 12.8. The van der Waals surface area contributed by atoms with Crippen LogP contribution in [0.25, 0.3) is 10.2 Å². The molecule has 3 heterocycles. The molecule has 0 spiro atoms. The first kappa shape index (κ1) is 25.9. The third kappa shape index (κ3) is 5.60. The fourth-order valence-corrected chi connectivity index (χ4v) is 7.41. The van der Waals surface area contributed by atoms with E-state index in [-0.39, 0.29) is 29.6 Å². The van der Waals surface area contributed by atoms with Crippen molar-refractivity contribution in [3.63, 3.8) is 0 Å². The SMILES string of the molecule is CC1CN(S(=O)(=O)c2ccc(C(=O)N(Cc3cccnc3)c3nc4ccc(Br)cc4s3)cc2)CC(C)O1. The first-order chi connectivity index (χ1) is 17.7. The number of nitrogens with zero attached hydrogens (tertiary/aromatic N) is 4. The highest BCUT2D eigenvalue weighted by Crippen LogP contribution is 2.33. The number of thiazole rings is 1. The van der Waals surface area contributed by atoms with E-state index >= 15 is 0 Å². The van der Waals surface area contributed by atoms with Crippen molar-refractivity contribution in [3.8, 4) is 0 Å². The Labute approximate surface area is 228 Å². The van der Waals surface area contributed by atoms with E-state index in [1.165, 1.54) is 27.8 Å². The van der Waals surface area contributed by atoms with Crippen LogP contribution in [0.4, 0.5) is 5.13 Å². The van der Waals surface area contributed by atoms with Gasteiger partial charge in [-0.05, 0) is 67.9 Å². The lowest BCUT2D eigenvalue weighted by molar-refractivity contribution is -0.0440. The number of morpholine rings is 1. The summed E-state index contributed by atoms with van der Waals surface area (Å²) in [4.78, 5) is 24.3. The van der Waals surface area contributed by atoms with Crippen molar-refractivity contribution in [3.05, 3.63) is 82.6 Å². The highest BCUT2D eigenvalue weighted by atomic mass is 79.9. The Hall–Kier alpha value is -2.70. The van der Waals surface area contributed by atoms with Crippen LogP contribution in [-0.4, -0.2) is 53.9 Å². The number of carbonyl (C=O) groups is 1. The summed E-state index contributed by atoms with van der Waals surface area (Å²) >= 11 is 4.90. The maximum atomic E-state index is 13.7. The fraction of sp³-hybridized carbons (Fsp3) is 0.269. The van der Waals surface area contributed by atoms with Gasteiger partial charge in [0.2, 0.25) is 10.0 Å². The summed E-state index contributed by atoms with van der Waals surface area (Å²) in [6.45, 7) is 4.58. The first-order valence-corrected chi connectivity index (χ1v) is 14.8. The summed E-state index contributed by atoms with van der Waals surface area (Å²) in [6, 6.07) is 15.6. The molecular weight excluding hydrogens is 576 g/mol. The number of anilines is 1. The summed E-state index contributed by atoms with van der Waals surface area (Å²) in [6.07, 6.45) is 3.02. The number of rotatable bonds is 6. The lowest BCUT2D eigenvalue weighted by atomic mass is 10.2. The predicted molar refractivity (Wildman–Crippen MR) is 147 cm³/mol. The van der Waals surface area contributed by atoms with E-state index in [0.717, 1.165) is 20.3 Å². The van der Waals surface area contributed by atoms with Gasteiger partial charge >= 0.3 is 0 Å². The second kappa shape index (κ2) is 10.6. The second-order valence-electron chi connectivity index (χ2n) is 8.96. The van der Waals surface area contributed by atoms with E-state index < -0.39 is 10.0 Å². The molecule has 0 N–H and O–H groups in total. The van der Waals surface area contributed by atoms with Crippen molar-refractivity contribution in [1.82, 2.24) is 14.3 Å². The number of fused-ring (bicyclic) bond motifs is 1. The van der Waals surface area contributed by atoms with Crippen molar-refractivity contribution in [1.29, 1.82) is 0 Å². The van der Waals surface area contributed by atoms with Crippen LogP contribution in [0.2, 0.25) is 0 Å². The van der Waals surface area contributed by atoms with Crippen LogP contribution in [-0.2, 0) is 21.3 Å². The van der Waals surface area contributed by atoms with Crippen molar-refractivity contribution >= 4 is 58.5 Å². The number of benzene rings is 2. The number of amides is 1. The molecule has 8 nitrogen and oxygen atoms in total. The lowest BCUT2D eigenvalue weighted by Crippen LogP contribution is -2.48. The van der Waals surface area contributed by atoms with E-state index in [0.29, 0.717) is 23.8 Å². The molecule has 2 unspecified atom stereocenters. The van der Waals surface area contributed by atoms with Gasteiger partial charge < -0.3 is 4.74 Å². The molecule has 2 aromatic heterocycles. The summed E-state index contributed by atoms with van der Waals surface area (Å²) in [5, 5.41) is 0.551. The van der Waals surface area contributed by atoms with Gasteiger partial charge in [-0.2, -0.15) is 4.31 Å². The molecule has 4 aromatic rings. The Balaban J connectivity index is 1.45. The Morgan fingerprint density at radius 1 is 1.14 bits per heavy atom. The Kier molecular flexibility index (Phi) is 7.42. The number of pyridine rings is 1. The molecule has 1 saturated heterocycles. The molecule has 1 aliphatic heterocycles. The van der Waals surface area contributed by atoms with E-state index in [1.807, 2.05) is 44.2 Å². The minimum Gasteiger partial charge on any atom is -0.373 e. The summed E-state index contributed by atoms with van der Waals surface area (Å²) in [5.74, 6) is -0.278. The van der Waals surface area contributed by atoms with Gasteiger partial charge in [0.05, 0.1) is 33.9 Å². The molecule has 0 aliphatic carbocycles. The number of carbonyl (C=O) groups excluding carboxylic acids is 1. The number of hydrogen-bond acceptors (Lipinski definition) is 7. The molecular formula is C26H25BrN4O4S2. The zero-order valence-electron chi connectivity index (χ0n) is 20.2. The zero-order valence-corrected chi connectivity index (χ0v) is 23.5. The van der Waals surface area contributed by atoms with Crippen LogP contribution >= 0.6 is 27.3 Å². The maximum Gasteiger partial charge on any atom is 0.260 e. The van der Waals surface area contributed by atoms with Gasteiger partial charge in [0, 0.05) is 35.5 Å². The summed E-state index contributed by atoms with van der Waals surface area (Å²) in [5.41, 5.74) is 2.01. The Bertz CT molecular complexity index is 1520. The van der Waals surface area contributed by atoms with Gasteiger partial charge in [0.1, 0.15) is 0 Å². The highest BCUT2D eigenvalue weighted by Gasteiger charge is 2.32. The predicted octanol–water partition coefficient (Wildman–Crippen LogP) is 5.10. The quantitative estimate of drug-likeness (QED) is 0.306. The molecule has 0 saturated carbocycles. The first-order valence-electron chi connectivity index (χ1n) is 11.7. The van der Waals surface area contributed by atoms with Crippen LogP contribution in [0.15, 0.2) is 76.4 Å². The van der Waals surface area contributed by atoms with Gasteiger partial charge in [0.15, 0.2) is 5.13 Å². The number of sulfonamides is 1. The molecule has 5 rings (SSSR count). The largest absolute Gasteiger partial charge is 0.373 e. The van der Waals surface area contributed by atoms with E-state index in [1.54, 1.807) is 29.4 Å². The number of ether oxygens (including phenoxy) is 1. The molecule has 0 bridgehead atoms. The molecule has 192 valence electrons. The molecule has 1 aliphatic rings. The van der Waals surface area contributed by atoms with Crippen LogP contribution in [0.5, 0.6) is 0 Å². The number of halogens is 1. The van der Waals surface area contributed by atoms with Gasteiger partial charge in [0.25, 0.3) is 5.91 Å². The van der Waals surface area contributed by atoms with Crippen LogP contribution in [0.1, 0.15) is 29.8 Å². The average Bonchev–Trinajstić information content (AvgIpc) is 3.30. The number of aromatic nitrogens is 2. The molecule has 37 heavy (non-hydrogen) atoms. The third-order valence-corrected chi connectivity index (χ3v) is 9.38. The van der Waals surface area contributed by atoms with E-state index in [2.05, 4.69) is 20.9 Å². The number of hydrogen-bond donors (Lipinski definition) is 0. The van der Waals surface area contributed by atoms with E-state index in [4.69, 9.17) is 9.72 Å². The van der Waals surface area contributed by atoms with Gasteiger partial charge in [-0.25, -0.2) is 13.4 Å². The van der Waals surface area contributed by atoms with Crippen molar-refractivity contribution in [2.45, 2.75) is 37.5 Å². The Morgan fingerprint density at radius 2 is 1.86 bits per heavy atom. The molecule has 2 atom stereocenters. The van der Waals surface area contributed by atoms with Crippen LogP contribution < -0.4 is 4.90 Å². The zero-order chi connectivity index (χ0) is 26.2. The highest BCUT2D eigenvalue weighted by molar-refractivity contribution is 9.10. The van der Waals surface area contributed by atoms with Crippen LogP contribution in [0.3, 0.4) is 0 Å². The van der Waals surface area contributed by atoms with Crippen LogP contribution in [0, 0.1) is 0 Å². The minimum absolute atomic E-state index is 0.147. The summed E-state index contributed by atoms with van der Waals surface area (Å²) in [7, 11) is -3.71. The Morgan fingerprint density at radius 3 is 2.54 bits per heavy atom.